The Bertz CT molecular complexity index is 444. The molecule has 0 spiro atoms. The van der Waals surface area contributed by atoms with E-state index in [9.17, 15) is 4.79 Å². The second-order valence-electron chi connectivity index (χ2n) is 4.15. The lowest BCUT2D eigenvalue weighted by atomic mass is 10.5. The first-order valence-corrected chi connectivity index (χ1v) is 8.23. The van der Waals surface area contributed by atoms with Gasteiger partial charge in [-0.2, -0.15) is 11.8 Å². The molecule has 0 bridgehead atoms. The zero-order valence-electron chi connectivity index (χ0n) is 11.1. The third-order valence-corrected chi connectivity index (χ3v) is 4.44. The molecule has 1 heterocycles. The Morgan fingerprint density at radius 2 is 2.21 bits per heavy atom. The standard InChI is InChI=1S/C10H19N5OS3/c1-14(2)4-3-6-18-7-5-15(8(11)16)9-12-13-10(17)19-9/h3-7H2,1-2H3,(H2,11,16)(H,13,17). The average Bonchev–Trinajstić information content (AvgIpc) is 2.73. The van der Waals surface area contributed by atoms with Crippen molar-refractivity contribution >= 4 is 46.5 Å². The van der Waals surface area contributed by atoms with Gasteiger partial charge in [-0.25, -0.2) is 4.79 Å². The van der Waals surface area contributed by atoms with Gasteiger partial charge >= 0.3 is 6.03 Å². The van der Waals surface area contributed by atoms with Gasteiger partial charge in [-0.1, -0.05) is 11.3 Å². The van der Waals surface area contributed by atoms with Crippen LogP contribution in [-0.2, 0) is 0 Å². The predicted octanol–water partition coefficient (Wildman–Crippen LogP) is 1.77. The van der Waals surface area contributed by atoms with E-state index < -0.39 is 6.03 Å². The molecule has 0 radical (unpaired) electrons. The minimum atomic E-state index is -0.494. The van der Waals surface area contributed by atoms with E-state index in [1.165, 1.54) is 16.2 Å². The SMILES string of the molecule is CN(C)CCCSCCN(C(N)=O)c1n[nH]c(=S)s1. The first-order chi connectivity index (χ1) is 9.00. The molecule has 6 nitrogen and oxygen atoms in total. The molecule has 3 N–H and O–H groups in total. The largest absolute Gasteiger partial charge is 0.351 e. The number of urea groups is 1. The number of H-pyrrole nitrogens is 1. The van der Waals surface area contributed by atoms with E-state index >= 15 is 0 Å². The third-order valence-electron chi connectivity index (χ3n) is 2.28. The molecule has 9 heteroatoms. The van der Waals surface area contributed by atoms with Crippen molar-refractivity contribution in [3.8, 4) is 0 Å². The summed E-state index contributed by atoms with van der Waals surface area (Å²) in [5.41, 5.74) is 5.35. The van der Waals surface area contributed by atoms with E-state index in [4.69, 9.17) is 18.0 Å². The second-order valence-corrected chi connectivity index (χ2v) is 7.02. The molecule has 0 aliphatic rings. The van der Waals surface area contributed by atoms with E-state index in [0.29, 0.717) is 15.6 Å². The summed E-state index contributed by atoms with van der Waals surface area (Å²) in [6.07, 6.45) is 1.13. The van der Waals surface area contributed by atoms with Crippen molar-refractivity contribution in [3.05, 3.63) is 3.95 Å². The van der Waals surface area contributed by atoms with Crippen LogP contribution in [0.3, 0.4) is 0 Å². The van der Waals surface area contributed by atoms with Crippen LogP contribution in [0.15, 0.2) is 0 Å². The van der Waals surface area contributed by atoms with Crippen molar-refractivity contribution in [2.75, 3.05) is 43.6 Å². The van der Waals surface area contributed by atoms with Crippen LogP contribution < -0.4 is 10.6 Å². The molecule has 0 aliphatic carbocycles. The van der Waals surface area contributed by atoms with Crippen molar-refractivity contribution in [3.63, 3.8) is 0 Å². The molecule has 0 saturated heterocycles. The molecule has 0 aromatic carbocycles. The molecule has 2 amide bonds. The average molecular weight is 321 g/mol. The number of primary amides is 1. The third kappa shape index (κ3) is 6.37. The van der Waals surface area contributed by atoms with Crippen LogP contribution in [0, 0.1) is 3.95 Å². The van der Waals surface area contributed by atoms with E-state index in [-0.39, 0.29) is 0 Å². The second kappa shape index (κ2) is 8.51. The number of carbonyl (C=O) groups excluding carboxylic acids is 1. The molecule has 0 unspecified atom stereocenters. The Balaban J connectivity index is 2.32. The summed E-state index contributed by atoms with van der Waals surface area (Å²) < 4.78 is 0.542. The molecule has 108 valence electrons. The quantitative estimate of drug-likeness (QED) is 0.563. The van der Waals surface area contributed by atoms with Gasteiger partial charge in [0.2, 0.25) is 5.13 Å². The van der Waals surface area contributed by atoms with Crippen molar-refractivity contribution in [1.29, 1.82) is 0 Å². The van der Waals surface area contributed by atoms with E-state index in [0.717, 1.165) is 24.5 Å². The van der Waals surface area contributed by atoms with Crippen molar-refractivity contribution in [1.82, 2.24) is 15.1 Å². The van der Waals surface area contributed by atoms with Gasteiger partial charge in [-0.05, 0) is 45.0 Å². The van der Waals surface area contributed by atoms with E-state index in [1.54, 1.807) is 11.8 Å². The van der Waals surface area contributed by atoms with E-state index in [1.807, 2.05) is 0 Å². The first kappa shape index (κ1) is 16.4. The van der Waals surface area contributed by atoms with Crippen LogP contribution >= 0.6 is 35.3 Å². The number of rotatable bonds is 8. The number of nitrogens with two attached hydrogens (primary N) is 1. The highest BCUT2D eigenvalue weighted by Gasteiger charge is 2.15. The number of nitrogens with one attached hydrogen (secondary N) is 1. The summed E-state index contributed by atoms with van der Waals surface area (Å²) in [5.74, 6) is 1.91. The Morgan fingerprint density at radius 1 is 1.47 bits per heavy atom. The number of hydrogen-bond acceptors (Lipinski definition) is 6. The van der Waals surface area contributed by atoms with Crippen LogP contribution in [0.1, 0.15) is 6.42 Å². The fourth-order valence-corrected chi connectivity index (χ4v) is 3.14. The highest BCUT2D eigenvalue weighted by Crippen LogP contribution is 2.17. The zero-order valence-corrected chi connectivity index (χ0v) is 13.5. The topological polar surface area (TPSA) is 78.2 Å². The number of hydrogen-bond donors (Lipinski definition) is 2. The lowest BCUT2D eigenvalue weighted by Crippen LogP contribution is -2.37. The Morgan fingerprint density at radius 3 is 2.74 bits per heavy atom. The lowest BCUT2D eigenvalue weighted by Gasteiger charge is -2.16. The predicted molar refractivity (Wildman–Crippen MR) is 84.7 cm³/mol. The maximum Gasteiger partial charge on any atom is 0.321 e. The molecule has 19 heavy (non-hydrogen) atoms. The number of amides is 2. The minimum Gasteiger partial charge on any atom is -0.351 e. The summed E-state index contributed by atoms with van der Waals surface area (Å²) in [6.45, 7) is 1.63. The minimum absolute atomic E-state index is 0.494. The number of nitrogens with zero attached hydrogens (tertiary/aromatic N) is 3. The summed E-state index contributed by atoms with van der Waals surface area (Å²) in [6, 6.07) is -0.494. The number of aromatic nitrogens is 2. The lowest BCUT2D eigenvalue weighted by molar-refractivity contribution is 0.254. The number of carbonyl (C=O) groups is 1. The monoisotopic (exact) mass is 321 g/mol. The van der Waals surface area contributed by atoms with Crippen LogP contribution in [0.2, 0.25) is 0 Å². The van der Waals surface area contributed by atoms with Crippen LogP contribution in [0.25, 0.3) is 0 Å². The Hall–Kier alpha value is -0.640. The maximum atomic E-state index is 11.4. The Kier molecular flexibility index (Phi) is 7.36. The molecule has 0 atom stereocenters. The van der Waals surface area contributed by atoms with Gasteiger partial charge in [0.1, 0.15) is 0 Å². The van der Waals surface area contributed by atoms with Gasteiger partial charge < -0.3 is 10.6 Å². The maximum absolute atomic E-state index is 11.4. The van der Waals surface area contributed by atoms with Gasteiger partial charge in [0.25, 0.3) is 0 Å². The summed E-state index contributed by atoms with van der Waals surface area (Å²) in [7, 11) is 4.12. The van der Waals surface area contributed by atoms with Crippen molar-refractivity contribution in [2.45, 2.75) is 6.42 Å². The summed E-state index contributed by atoms with van der Waals surface area (Å²) in [5, 5.41) is 7.16. The molecule has 1 rings (SSSR count). The Labute approximate surface area is 126 Å². The smallest absolute Gasteiger partial charge is 0.321 e. The zero-order chi connectivity index (χ0) is 14.3. The van der Waals surface area contributed by atoms with Crippen LogP contribution in [0.5, 0.6) is 0 Å². The fourth-order valence-electron chi connectivity index (χ4n) is 1.38. The van der Waals surface area contributed by atoms with Gasteiger partial charge in [0.05, 0.1) is 0 Å². The van der Waals surface area contributed by atoms with Crippen molar-refractivity contribution < 1.29 is 4.79 Å². The molecular weight excluding hydrogens is 302 g/mol. The number of aromatic amines is 1. The number of anilines is 1. The normalized spacial score (nSPS) is 10.9. The fraction of sp³-hybridized carbons (Fsp3) is 0.700. The summed E-state index contributed by atoms with van der Waals surface area (Å²) >= 11 is 8.01. The highest BCUT2D eigenvalue weighted by atomic mass is 32.2. The number of thioether (sulfide) groups is 1. The van der Waals surface area contributed by atoms with Gasteiger partial charge in [-0.3, -0.25) is 10.00 Å². The van der Waals surface area contributed by atoms with E-state index in [2.05, 4.69) is 29.2 Å². The van der Waals surface area contributed by atoms with Crippen LogP contribution in [-0.4, -0.2) is 59.8 Å². The molecule has 0 aliphatic heterocycles. The molecule has 1 aromatic rings. The molecule has 0 fully saturated rings. The van der Waals surface area contributed by atoms with Gasteiger partial charge in [-0.15, -0.1) is 5.10 Å². The first-order valence-electron chi connectivity index (χ1n) is 5.85. The molecular formula is C10H19N5OS3. The van der Waals surface area contributed by atoms with Crippen LogP contribution in [0.4, 0.5) is 9.93 Å². The van der Waals surface area contributed by atoms with Gasteiger partial charge in [0, 0.05) is 12.3 Å². The molecule has 0 saturated carbocycles. The summed E-state index contributed by atoms with van der Waals surface area (Å²) in [4.78, 5) is 15.0. The molecule has 1 aromatic heterocycles. The van der Waals surface area contributed by atoms with Crippen molar-refractivity contribution in [2.24, 2.45) is 5.73 Å². The highest BCUT2D eigenvalue weighted by molar-refractivity contribution is 7.99. The van der Waals surface area contributed by atoms with Gasteiger partial charge in [0.15, 0.2) is 3.95 Å².